The minimum Gasteiger partial charge on any atom is -0.452 e. The third-order valence-corrected chi connectivity index (χ3v) is 7.01. The Balaban J connectivity index is 1.98. The van der Waals surface area contributed by atoms with Crippen molar-refractivity contribution in [3.63, 3.8) is 0 Å². The number of sulfonamides is 1. The van der Waals surface area contributed by atoms with Gasteiger partial charge in [-0.2, -0.15) is 4.31 Å². The zero-order chi connectivity index (χ0) is 21.4. The summed E-state index contributed by atoms with van der Waals surface area (Å²) in [5, 5.41) is 2.70. The van der Waals surface area contributed by atoms with Crippen LogP contribution < -0.4 is 5.32 Å². The predicted octanol–water partition coefficient (Wildman–Crippen LogP) is 3.23. The first-order chi connectivity index (χ1) is 13.8. The molecule has 7 nitrogen and oxygen atoms in total. The highest BCUT2D eigenvalue weighted by molar-refractivity contribution is 7.98. The Morgan fingerprint density at radius 2 is 1.66 bits per heavy atom. The molecule has 9 heteroatoms. The van der Waals surface area contributed by atoms with Gasteiger partial charge >= 0.3 is 5.97 Å². The molecule has 0 aliphatic rings. The Morgan fingerprint density at radius 1 is 1.03 bits per heavy atom. The van der Waals surface area contributed by atoms with E-state index in [2.05, 4.69) is 5.32 Å². The van der Waals surface area contributed by atoms with Crippen molar-refractivity contribution in [1.82, 2.24) is 4.31 Å². The number of ether oxygens (including phenoxy) is 1. The molecule has 0 atom stereocenters. The van der Waals surface area contributed by atoms with E-state index >= 15 is 0 Å². The van der Waals surface area contributed by atoms with Gasteiger partial charge in [-0.25, -0.2) is 13.2 Å². The Morgan fingerprint density at radius 3 is 2.24 bits per heavy atom. The molecule has 0 radical (unpaired) electrons. The molecular weight excluding hydrogens is 412 g/mol. The maximum absolute atomic E-state index is 12.5. The molecule has 0 heterocycles. The molecule has 1 N–H and O–H groups in total. The van der Waals surface area contributed by atoms with Crippen LogP contribution in [0.25, 0.3) is 0 Å². The molecule has 0 aliphatic heterocycles. The topological polar surface area (TPSA) is 92.8 Å². The second kappa shape index (κ2) is 10.4. The lowest BCUT2D eigenvalue weighted by Gasteiger charge is -2.18. The molecule has 0 bridgehead atoms. The molecule has 2 rings (SSSR count). The van der Waals surface area contributed by atoms with Gasteiger partial charge in [0.2, 0.25) is 10.0 Å². The van der Waals surface area contributed by atoms with Crippen LogP contribution in [0.4, 0.5) is 5.69 Å². The summed E-state index contributed by atoms with van der Waals surface area (Å²) in [4.78, 5) is 25.2. The monoisotopic (exact) mass is 436 g/mol. The number of rotatable bonds is 9. The fraction of sp³-hybridized carbons (Fsp3) is 0.300. The van der Waals surface area contributed by atoms with Gasteiger partial charge in [0, 0.05) is 18.0 Å². The molecule has 0 aromatic heterocycles. The zero-order valence-electron chi connectivity index (χ0n) is 16.5. The zero-order valence-corrected chi connectivity index (χ0v) is 18.2. The second-order valence-electron chi connectivity index (χ2n) is 5.94. The number of hydrogen-bond donors (Lipinski definition) is 1. The first-order valence-electron chi connectivity index (χ1n) is 9.03. The smallest absolute Gasteiger partial charge is 0.338 e. The number of hydrogen-bond acceptors (Lipinski definition) is 6. The molecular formula is C20H24N2O5S2. The summed E-state index contributed by atoms with van der Waals surface area (Å²) in [6.07, 6.45) is 1.90. The summed E-state index contributed by atoms with van der Waals surface area (Å²) in [5.74, 6) is -1.16. The van der Waals surface area contributed by atoms with Gasteiger partial charge in [-0.05, 0) is 42.7 Å². The number of benzene rings is 2. The van der Waals surface area contributed by atoms with Crippen molar-refractivity contribution < 1.29 is 22.7 Å². The van der Waals surface area contributed by atoms with Crippen LogP contribution in [0.1, 0.15) is 24.2 Å². The molecule has 0 fully saturated rings. The molecule has 29 heavy (non-hydrogen) atoms. The van der Waals surface area contributed by atoms with Gasteiger partial charge in [-0.3, -0.25) is 4.79 Å². The van der Waals surface area contributed by atoms with Crippen LogP contribution in [0.3, 0.4) is 0 Å². The van der Waals surface area contributed by atoms with Gasteiger partial charge in [0.05, 0.1) is 16.1 Å². The minimum absolute atomic E-state index is 0.101. The largest absolute Gasteiger partial charge is 0.452 e. The SMILES string of the molecule is CCN(CC)S(=O)(=O)c1ccc(C(=O)OCC(=O)Nc2ccccc2SC)cc1. The Hall–Kier alpha value is -2.36. The van der Waals surface area contributed by atoms with Gasteiger partial charge in [0.25, 0.3) is 5.91 Å². The number of thioether (sulfide) groups is 1. The second-order valence-corrected chi connectivity index (χ2v) is 8.72. The van der Waals surface area contributed by atoms with Crippen LogP contribution in [0.2, 0.25) is 0 Å². The highest BCUT2D eigenvalue weighted by Gasteiger charge is 2.22. The van der Waals surface area contributed by atoms with Crippen molar-refractivity contribution in [2.75, 3.05) is 31.3 Å². The lowest BCUT2D eigenvalue weighted by molar-refractivity contribution is -0.119. The third kappa shape index (κ3) is 5.81. The predicted molar refractivity (Wildman–Crippen MR) is 114 cm³/mol. The van der Waals surface area contributed by atoms with Crippen LogP contribution in [0.5, 0.6) is 0 Å². The molecule has 0 saturated heterocycles. The molecule has 2 aromatic carbocycles. The van der Waals surface area contributed by atoms with E-state index in [4.69, 9.17) is 4.74 Å². The van der Waals surface area contributed by atoms with Crippen molar-refractivity contribution in [2.45, 2.75) is 23.6 Å². The first kappa shape index (κ1) is 22.9. The lowest BCUT2D eigenvalue weighted by atomic mass is 10.2. The number of nitrogens with one attached hydrogen (secondary N) is 1. The summed E-state index contributed by atoms with van der Waals surface area (Å²) in [6.45, 7) is 3.79. The number of nitrogens with zero attached hydrogens (tertiary/aromatic N) is 1. The number of carbonyl (C=O) groups excluding carboxylic acids is 2. The maximum Gasteiger partial charge on any atom is 0.338 e. The van der Waals surface area contributed by atoms with Gasteiger partial charge in [0.15, 0.2) is 6.61 Å². The van der Waals surface area contributed by atoms with E-state index < -0.39 is 28.5 Å². The standard InChI is InChI=1S/C20H24N2O5S2/c1-4-22(5-2)29(25,26)16-12-10-15(11-13-16)20(24)27-14-19(23)21-17-8-6-7-9-18(17)28-3/h6-13H,4-5,14H2,1-3H3,(H,21,23). The van der Waals surface area contributed by atoms with E-state index in [0.717, 1.165) is 4.90 Å². The third-order valence-electron chi connectivity index (χ3n) is 4.15. The average Bonchev–Trinajstić information content (AvgIpc) is 2.73. The van der Waals surface area contributed by atoms with Crippen LogP contribution in [-0.2, 0) is 19.6 Å². The van der Waals surface area contributed by atoms with Gasteiger partial charge in [0.1, 0.15) is 0 Å². The van der Waals surface area contributed by atoms with Crippen LogP contribution in [-0.4, -0.2) is 50.6 Å². The summed E-state index contributed by atoms with van der Waals surface area (Å²) >= 11 is 1.49. The van der Waals surface area contributed by atoms with Crippen molar-refractivity contribution in [2.24, 2.45) is 0 Å². The maximum atomic E-state index is 12.5. The number of carbonyl (C=O) groups is 2. The van der Waals surface area contributed by atoms with E-state index in [0.29, 0.717) is 18.8 Å². The van der Waals surface area contributed by atoms with E-state index in [9.17, 15) is 18.0 Å². The molecule has 0 saturated carbocycles. The highest BCUT2D eigenvalue weighted by Crippen LogP contribution is 2.24. The first-order valence-corrected chi connectivity index (χ1v) is 11.7. The molecule has 0 unspecified atom stereocenters. The molecule has 0 spiro atoms. The Kier molecular flexibility index (Phi) is 8.24. The summed E-state index contributed by atoms with van der Waals surface area (Å²) in [5.41, 5.74) is 0.813. The number of esters is 1. The van der Waals surface area contributed by atoms with Crippen LogP contribution in [0, 0.1) is 0 Å². The van der Waals surface area contributed by atoms with E-state index in [-0.39, 0.29) is 10.5 Å². The van der Waals surface area contributed by atoms with Gasteiger partial charge in [-0.15, -0.1) is 11.8 Å². The molecule has 0 aliphatic carbocycles. The van der Waals surface area contributed by atoms with Crippen molar-refractivity contribution in [1.29, 1.82) is 0 Å². The van der Waals surface area contributed by atoms with E-state index in [1.807, 2.05) is 18.4 Å². The van der Waals surface area contributed by atoms with Crippen molar-refractivity contribution in [3.8, 4) is 0 Å². The normalized spacial score (nSPS) is 11.3. The van der Waals surface area contributed by atoms with Crippen molar-refractivity contribution >= 4 is 39.3 Å². The lowest BCUT2D eigenvalue weighted by Crippen LogP contribution is -2.30. The quantitative estimate of drug-likeness (QED) is 0.479. The fourth-order valence-electron chi connectivity index (χ4n) is 2.62. The Labute approximate surface area is 175 Å². The van der Waals surface area contributed by atoms with Crippen LogP contribution >= 0.6 is 11.8 Å². The average molecular weight is 437 g/mol. The highest BCUT2D eigenvalue weighted by atomic mass is 32.2. The molecule has 1 amide bonds. The van der Waals surface area contributed by atoms with E-state index in [1.54, 1.807) is 26.0 Å². The summed E-state index contributed by atoms with van der Waals surface area (Å²) in [6, 6.07) is 12.8. The fourth-order valence-corrected chi connectivity index (χ4v) is 4.64. The molecule has 156 valence electrons. The Bertz CT molecular complexity index is 955. The summed E-state index contributed by atoms with van der Waals surface area (Å²) < 4.78 is 31.3. The minimum atomic E-state index is -3.60. The van der Waals surface area contributed by atoms with E-state index in [1.165, 1.54) is 40.3 Å². The number of amides is 1. The van der Waals surface area contributed by atoms with Gasteiger partial charge in [-0.1, -0.05) is 26.0 Å². The van der Waals surface area contributed by atoms with Crippen LogP contribution in [0.15, 0.2) is 58.3 Å². The number of para-hydroxylation sites is 1. The molecule has 2 aromatic rings. The summed E-state index contributed by atoms with van der Waals surface area (Å²) in [7, 11) is -3.60. The van der Waals surface area contributed by atoms with Crippen molar-refractivity contribution in [3.05, 3.63) is 54.1 Å². The number of anilines is 1. The van der Waals surface area contributed by atoms with Gasteiger partial charge < -0.3 is 10.1 Å².